The predicted octanol–water partition coefficient (Wildman–Crippen LogP) is 5.57. The van der Waals surface area contributed by atoms with E-state index in [9.17, 15) is 15.0 Å². The largest absolute Gasteiger partial charge is 0.504 e. The van der Waals surface area contributed by atoms with Gasteiger partial charge in [0.15, 0.2) is 11.5 Å². The van der Waals surface area contributed by atoms with Gasteiger partial charge in [0.2, 0.25) is 5.91 Å². The zero-order chi connectivity index (χ0) is 22.2. The molecule has 0 heterocycles. The van der Waals surface area contributed by atoms with Crippen molar-refractivity contribution in [3.63, 3.8) is 0 Å². The topological polar surface area (TPSA) is 78.8 Å². The van der Waals surface area contributed by atoms with Gasteiger partial charge in [-0.1, -0.05) is 44.2 Å². The number of hydrogen-bond acceptors (Lipinski definition) is 4. The van der Waals surface area contributed by atoms with Crippen molar-refractivity contribution >= 4 is 11.6 Å². The Hall–Kier alpha value is -3.47. The van der Waals surface area contributed by atoms with Gasteiger partial charge in [0.05, 0.1) is 12.5 Å². The average Bonchev–Trinajstić information content (AvgIpc) is 3.58. The molecule has 4 rings (SSSR count). The van der Waals surface area contributed by atoms with Gasteiger partial charge in [-0.3, -0.25) is 4.79 Å². The number of hydrogen-bond donors (Lipinski definition) is 3. The summed E-state index contributed by atoms with van der Waals surface area (Å²) in [7, 11) is 1.64. The fraction of sp³-hybridized carbons (Fsp3) is 0.269. The summed E-state index contributed by atoms with van der Waals surface area (Å²) < 4.78 is 5.60. The quantitative estimate of drug-likeness (QED) is 0.458. The molecule has 3 N–H and O–H groups in total. The molecule has 0 aromatic heterocycles. The third-order valence-corrected chi connectivity index (χ3v) is 6.04. The van der Waals surface area contributed by atoms with Crippen molar-refractivity contribution in [1.29, 1.82) is 0 Å². The van der Waals surface area contributed by atoms with Crippen LogP contribution in [0.1, 0.15) is 43.7 Å². The van der Waals surface area contributed by atoms with Crippen molar-refractivity contribution < 1.29 is 19.7 Å². The highest BCUT2D eigenvalue weighted by Gasteiger charge is 2.51. The fourth-order valence-electron chi connectivity index (χ4n) is 4.09. The van der Waals surface area contributed by atoms with Crippen LogP contribution in [0.3, 0.4) is 0 Å². The van der Waals surface area contributed by atoms with Crippen molar-refractivity contribution in [1.82, 2.24) is 0 Å². The van der Waals surface area contributed by atoms with Gasteiger partial charge in [0.25, 0.3) is 0 Å². The summed E-state index contributed by atoms with van der Waals surface area (Å²) in [6.45, 7) is 4.31. The molecule has 0 spiro atoms. The van der Waals surface area contributed by atoms with Crippen LogP contribution in [0.15, 0.2) is 60.7 Å². The molecule has 160 valence electrons. The number of benzene rings is 3. The molecule has 0 atom stereocenters. The van der Waals surface area contributed by atoms with Crippen LogP contribution in [0.4, 0.5) is 5.69 Å². The smallest absolute Gasteiger partial charge is 0.235 e. The first-order valence-corrected chi connectivity index (χ1v) is 10.5. The lowest BCUT2D eigenvalue weighted by molar-refractivity contribution is -0.118. The number of phenolic OH excluding ortho intramolecular Hbond substituents is 2. The first-order valence-electron chi connectivity index (χ1n) is 10.5. The molecular weight excluding hydrogens is 390 g/mol. The summed E-state index contributed by atoms with van der Waals surface area (Å²) in [6, 6.07) is 18.5. The number of rotatable bonds is 6. The summed E-state index contributed by atoms with van der Waals surface area (Å²) >= 11 is 0. The Balaban J connectivity index is 1.67. The molecule has 0 bridgehead atoms. The van der Waals surface area contributed by atoms with E-state index >= 15 is 0 Å². The third kappa shape index (κ3) is 3.83. The minimum atomic E-state index is -0.679. The number of carbonyl (C=O) groups excluding carboxylic acids is 1. The molecule has 0 radical (unpaired) electrons. The van der Waals surface area contributed by atoms with Gasteiger partial charge in [-0.05, 0) is 65.8 Å². The highest BCUT2D eigenvalue weighted by Crippen LogP contribution is 2.50. The van der Waals surface area contributed by atoms with Crippen LogP contribution >= 0.6 is 0 Å². The molecule has 1 saturated carbocycles. The molecule has 3 aromatic carbocycles. The number of aromatic hydroxyl groups is 2. The lowest BCUT2D eigenvalue weighted by atomic mass is 9.91. The van der Waals surface area contributed by atoms with Crippen LogP contribution in [0.2, 0.25) is 0 Å². The number of methoxy groups -OCH3 is 1. The molecule has 0 unspecified atom stereocenters. The van der Waals surface area contributed by atoms with Gasteiger partial charge in [-0.25, -0.2) is 0 Å². The minimum absolute atomic E-state index is 0.120. The van der Waals surface area contributed by atoms with E-state index < -0.39 is 5.41 Å². The summed E-state index contributed by atoms with van der Waals surface area (Å²) in [5, 5.41) is 22.5. The van der Waals surface area contributed by atoms with E-state index in [4.69, 9.17) is 4.74 Å². The highest BCUT2D eigenvalue weighted by atomic mass is 16.5. The maximum absolute atomic E-state index is 13.2. The van der Waals surface area contributed by atoms with Crippen LogP contribution in [0.25, 0.3) is 11.1 Å². The molecular formula is C26H27NO4. The Labute approximate surface area is 182 Å². The summed E-state index contributed by atoms with van der Waals surface area (Å²) in [4.78, 5) is 13.2. The summed E-state index contributed by atoms with van der Waals surface area (Å²) in [5.41, 5.74) is 3.93. The van der Waals surface area contributed by atoms with Crippen molar-refractivity contribution in [3.05, 3.63) is 71.8 Å². The van der Waals surface area contributed by atoms with E-state index in [2.05, 4.69) is 31.3 Å². The van der Waals surface area contributed by atoms with Crippen LogP contribution in [-0.2, 0) is 10.2 Å². The van der Waals surface area contributed by atoms with Gasteiger partial charge in [0, 0.05) is 11.3 Å². The lowest BCUT2D eigenvalue weighted by Crippen LogP contribution is -2.27. The maximum atomic E-state index is 13.2. The van der Waals surface area contributed by atoms with Gasteiger partial charge in [-0.15, -0.1) is 0 Å². The molecule has 1 aliphatic carbocycles. The Morgan fingerprint density at radius 1 is 0.968 bits per heavy atom. The first kappa shape index (κ1) is 20.8. The third-order valence-electron chi connectivity index (χ3n) is 6.04. The second kappa shape index (κ2) is 7.99. The van der Waals surface area contributed by atoms with Crippen LogP contribution in [0, 0.1) is 0 Å². The summed E-state index contributed by atoms with van der Waals surface area (Å²) in [6.07, 6.45) is 1.39. The second-order valence-electron chi connectivity index (χ2n) is 8.40. The first-order chi connectivity index (χ1) is 14.9. The van der Waals surface area contributed by atoms with Gasteiger partial charge >= 0.3 is 0 Å². The van der Waals surface area contributed by atoms with Crippen molar-refractivity contribution in [2.75, 3.05) is 12.4 Å². The fourth-order valence-corrected chi connectivity index (χ4v) is 4.09. The van der Waals surface area contributed by atoms with Gasteiger partial charge in [0.1, 0.15) is 5.75 Å². The van der Waals surface area contributed by atoms with E-state index in [1.54, 1.807) is 13.2 Å². The number of phenols is 2. The number of carbonyl (C=O) groups is 1. The standard InChI is InChI=1S/C26H27NO4/c1-16(2)19-6-4-5-7-20(19)21-15-18(9-11-24(21)31-3)27-25(30)26(12-13-26)17-8-10-22(28)23(29)14-17/h4-11,14-16,28-29H,12-13H2,1-3H3,(H,27,30). The Bertz CT molecular complexity index is 1130. The predicted molar refractivity (Wildman–Crippen MR) is 122 cm³/mol. The molecule has 1 fully saturated rings. The van der Waals surface area contributed by atoms with E-state index in [0.717, 1.165) is 16.9 Å². The zero-order valence-electron chi connectivity index (χ0n) is 18.0. The molecule has 1 amide bonds. The molecule has 3 aromatic rings. The Morgan fingerprint density at radius 2 is 1.71 bits per heavy atom. The minimum Gasteiger partial charge on any atom is -0.504 e. The van der Waals surface area contributed by atoms with Crippen LogP contribution in [0.5, 0.6) is 17.2 Å². The van der Waals surface area contributed by atoms with Crippen molar-refractivity contribution in [2.24, 2.45) is 0 Å². The molecule has 31 heavy (non-hydrogen) atoms. The molecule has 5 heteroatoms. The molecule has 5 nitrogen and oxygen atoms in total. The van der Waals surface area contributed by atoms with E-state index in [-0.39, 0.29) is 17.4 Å². The maximum Gasteiger partial charge on any atom is 0.235 e. The summed E-state index contributed by atoms with van der Waals surface area (Å²) in [5.74, 6) is 0.565. The SMILES string of the molecule is COc1ccc(NC(=O)C2(c3ccc(O)c(O)c3)CC2)cc1-c1ccccc1C(C)C. The zero-order valence-corrected chi connectivity index (χ0v) is 18.0. The average molecular weight is 418 g/mol. The number of ether oxygens (including phenoxy) is 1. The van der Waals surface area contributed by atoms with Crippen LogP contribution in [-0.4, -0.2) is 23.2 Å². The molecule has 0 aliphatic heterocycles. The Kier molecular flexibility index (Phi) is 5.36. The number of amides is 1. The van der Waals surface area contributed by atoms with Crippen LogP contribution < -0.4 is 10.1 Å². The highest BCUT2D eigenvalue weighted by molar-refractivity contribution is 6.02. The van der Waals surface area contributed by atoms with Gasteiger partial charge in [-0.2, -0.15) is 0 Å². The monoisotopic (exact) mass is 417 g/mol. The number of anilines is 1. The molecule has 0 saturated heterocycles. The van der Waals surface area contributed by atoms with E-state index in [0.29, 0.717) is 30.0 Å². The number of nitrogens with one attached hydrogen (secondary N) is 1. The van der Waals surface area contributed by atoms with Crippen molar-refractivity contribution in [3.8, 4) is 28.4 Å². The van der Waals surface area contributed by atoms with E-state index in [1.165, 1.54) is 17.7 Å². The van der Waals surface area contributed by atoms with E-state index in [1.807, 2.05) is 30.3 Å². The van der Waals surface area contributed by atoms with Gasteiger partial charge < -0.3 is 20.3 Å². The van der Waals surface area contributed by atoms with Crippen molar-refractivity contribution in [2.45, 2.75) is 38.0 Å². The second-order valence-corrected chi connectivity index (χ2v) is 8.40. The molecule has 1 aliphatic rings. The lowest BCUT2D eigenvalue weighted by Gasteiger charge is -2.19. The Morgan fingerprint density at radius 3 is 2.35 bits per heavy atom. The normalized spacial score (nSPS) is 14.3.